The molecule has 0 spiro atoms. The smallest absolute Gasteiger partial charge is 0.331 e. The van der Waals surface area contributed by atoms with Gasteiger partial charge in [0.05, 0.1) is 7.11 Å². The van der Waals surface area contributed by atoms with Crippen LogP contribution in [0.15, 0.2) is 0 Å². The first-order valence-electron chi connectivity index (χ1n) is 7.06. The van der Waals surface area contributed by atoms with Crippen LogP contribution in [-0.4, -0.2) is 37.1 Å². The zero-order chi connectivity index (χ0) is 14.5. The van der Waals surface area contributed by atoms with E-state index >= 15 is 0 Å². The molecule has 1 aliphatic rings. The summed E-state index contributed by atoms with van der Waals surface area (Å²) in [4.78, 5) is 24.2. The monoisotopic (exact) mass is 306 g/mol. The zero-order valence-corrected chi connectivity index (χ0v) is 13.6. The first kappa shape index (κ1) is 19.2. The van der Waals surface area contributed by atoms with E-state index in [0.717, 1.165) is 25.8 Å². The van der Waals surface area contributed by atoms with Gasteiger partial charge in [-0.15, -0.1) is 12.4 Å². The average Bonchev–Trinajstić information content (AvgIpc) is 2.37. The molecule has 20 heavy (non-hydrogen) atoms. The molecular formula is C14H27ClN2O3. The molecule has 1 unspecified atom stereocenters. The molecule has 1 rings (SSSR count). The number of carbonyl (C=O) groups is 2. The van der Waals surface area contributed by atoms with E-state index in [0.29, 0.717) is 12.5 Å². The molecule has 0 aromatic rings. The fourth-order valence-corrected chi connectivity index (χ4v) is 2.68. The molecule has 0 aromatic carbocycles. The molecule has 2 N–H and O–H groups in total. The van der Waals surface area contributed by atoms with Crippen LogP contribution in [-0.2, 0) is 14.3 Å². The van der Waals surface area contributed by atoms with Crippen LogP contribution in [0.3, 0.4) is 0 Å². The molecule has 118 valence electrons. The van der Waals surface area contributed by atoms with E-state index in [9.17, 15) is 9.59 Å². The van der Waals surface area contributed by atoms with Gasteiger partial charge in [-0.05, 0) is 39.7 Å². The Kier molecular flexibility index (Phi) is 8.13. The molecule has 0 bridgehead atoms. The van der Waals surface area contributed by atoms with Gasteiger partial charge < -0.3 is 15.4 Å². The number of carbonyl (C=O) groups excluding carboxylic acids is 2. The number of amides is 1. The highest BCUT2D eigenvalue weighted by atomic mass is 35.5. The molecule has 1 fully saturated rings. The van der Waals surface area contributed by atoms with Crippen molar-refractivity contribution in [2.24, 2.45) is 5.92 Å². The fourth-order valence-electron chi connectivity index (χ4n) is 2.68. The molecule has 5 nitrogen and oxygen atoms in total. The lowest BCUT2D eigenvalue weighted by atomic mass is 9.89. The maximum Gasteiger partial charge on any atom is 0.331 e. The number of esters is 1. The highest BCUT2D eigenvalue weighted by molar-refractivity contribution is 5.88. The molecular weight excluding hydrogens is 280 g/mol. The number of piperidine rings is 1. The second kappa shape index (κ2) is 8.47. The summed E-state index contributed by atoms with van der Waals surface area (Å²) < 4.78 is 4.81. The van der Waals surface area contributed by atoms with Crippen molar-refractivity contribution in [3.63, 3.8) is 0 Å². The molecule has 1 saturated heterocycles. The predicted molar refractivity (Wildman–Crippen MR) is 80.9 cm³/mol. The summed E-state index contributed by atoms with van der Waals surface area (Å²) >= 11 is 0. The highest BCUT2D eigenvalue weighted by Gasteiger charge is 2.37. The lowest BCUT2D eigenvalue weighted by molar-refractivity contribution is -0.151. The third-order valence-corrected chi connectivity index (χ3v) is 3.78. The minimum atomic E-state index is -0.908. The van der Waals surface area contributed by atoms with Crippen molar-refractivity contribution in [2.45, 2.75) is 58.0 Å². The normalized spacial score (nSPS) is 25.0. The first-order chi connectivity index (χ1) is 8.92. The van der Waals surface area contributed by atoms with E-state index in [1.807, 2.05) is 6.92 Å². The molecule has 3 atom stereocenters. The summed E-state index contributed by atoms with van der Waals surface area (Å²) in [7, 11) is 1.36. The number of hydrogen-bond acceptors (Lipinski definition) is 4. The Hall–Kier alpha value is -0.810. The molecule has 6 heteroatoms. The van der Waals surface area contributed by atoms with E-state index in [2.05, 4.69) is 17.6 Å². The van der Waals surface area contributed by atoms with Gasteiger partial charge in [-0.25, -0.2) is 4.79 Å². The van der Waals surface area contributed by atoms with Gasteiger partial charge in [-0.2, -0.15) is 0 Å². The van der Waals surface area contributed by atoms with Gasteiger partial charge in [0, 0.05) is 12.0 Å². The Morgan fingerprint density at radius 2 is 2.10 bits per heavy atom. The molecule has 0 aromatic heterocycles. The van der Waals surface area contributed by atoms with Crippen LogP contribution in [0.4, 0.5) is 0 Å². The number of rotatable bonds is 5. The minimum absolute atomic E-state index is 0. The summed E-state index contributed by atoms with van der Waals surface area (Å²) in [5.74, 6) is -0.420. The highest BCUT2D eigenvalue weighted by Crippen LogP contribution is 2.20. The molecule has 1 heterocycles. The first-order valence-corrected chi connectivity index (χ1v) is 7.06. The van der Waals surface area contributed by atoms with E-state index in [1.54, 1.807) is 6.92 Å². The standard InChI is InChI=1S/C14H26N2O3.ClH/c1-5-7-14(3,13(18)19-4)16-12(17)11-6-8-15-10(2)9-11;/h10-11,15H,5-9H2,1-4H3,(H,16,17);1H/t10-,11-,14?;/m0./s1. The van der Waals surface area contributed by atoms with Gasteiger partial charge in [0.2, 0.25) is 5.91 Å². The van der Waals surface area contributed by atoms with Crippen molar-refractivity contribution in [2.75, 3.05) is 13.7 Å². The van der Waals surface area contributed by atoms with Crippen molar-refractivity contribution in [3.8, 4) is 0 Å². The van der Waals surface area contributed by atoms with Crippen LogP contribution in [0.1, 0.15) is 46.5 Å². The zero-order valence-electron chi connectivity index (χ0n) is 12.8. The van der Waals surface area contributed by atoms with Crippen molar-refractivity contribution in [1.29, 1.82) is 0 Å². The van der Waals surface area contributed by atoms with Crippen LogP contribution in [0.5, 0.6) is 0 Å². The molecule has 1 amide bonds. The van der Waals surface area contributed by atoms with E-state index in [4.69, 9.17) is 4.74 Å². The van der Waals surface area contributed by atoms with E-state index in [1.165, 1.54) is 7.11 Å². The number of methoxy groups -OCH3 is 1. The Morgan fingerprint density at radius 3 is 2.60 bits per heavy atom. The van der Waals surface area contributed by atoms with Crippen molar-refractivity contribution < 1.29 is 14.3 Å². The second-order valence-corrected chi connectivity index (χ2v) is 5.64. The summed E-state index contributed by atoms with van der Waals surface area (Å²) in [6.45, 7) is 6.65. The van der Waals surface area contributed by atoms with E-state index in [-0.39, 0.29) is 30.2 Å². The quantitative estimate of drug-likeness (QED) is 0.758. The summed E-state index contributed by atoms with van der Waals surface area (Å²) in [5.41, 5.74) is -0.908. The molecule has 0 radical (unpaired) electrons. The van der Waals surface area contributed by atoms with Crippen LogP contribution in [0.25, 0.3) is 0 Å². The molecule has 0 saturated carbocycles. The number of hydrogen-bond donors (Lipinski definition) is 2. The van der Waals surface area contributed by atoms with Gasteiger partial charge in [0.15, 0.2) is 0 Å². The van der Waals surface area contributed by atoms with Crippen LogP contribution in [0, 0.1) is 5.92 Å². The Bertz CT molecular complexity index is 338. The molecule has 1 aliphatic heterocycles. The maximum atomic E-state index is 12.3. The number of halogens is 1. The summed E-state index contributed by atoms with van der Waals surface area (Å²) in [5, 5.41) is 6.21. The maximum absolute atomic E-state index is 12.3. The van der Waals surface area contributed by atoms with Gasteiger partial charge in [0.25, 0.3) is 0 Å². The largest absolute Gasteiger partial charge is 0.467 e. The van der Waals surface area contributed by atoms with Gasteiger partial charge in [-0.3, -0.25) is 4.79 Å². The van der Waals surface area contributed by atoms with Crippen molar-refractivity contribution in [3.05, 3.63) is 0 Å². The Labute approximate surface area is 127 Å². The predicted octanol–water partition coefficient (Wildman–Crippen LogP) is 1.64. The van der Waals surface area contributed by atoms with Crippen molar-refractivity contribution >= 4 is 24.3 Å². The Morgan fingerprint density at radius 1 is 1.45 bits per heavy atom. The molecule has 0 aliphatic carbocycles. The van der Waals surface area contributed by atoms with Crippen molar-refractivity contribution in [1.82, 2.24) is 10.6 Å². The van der Waals surface area contributed by atoms with E-state index < -0.39 is 5.54 Å². The van der Waals surface area contributed by atoms with Gasteiger partial charge >= 0.3 is 5.97 Å². The van der Waals surface area contributed by atoms with Gasteiger partial charge in [0.1, 0.15) is 5.54 Å². The van der Waals surface area contributed by atoms with Crippen LogP contribution < -0.4 is 10.6 Å². The average molecular weight is 307 g/mol. The number of nitrogens with one attached hydrogen (secondary N) is 2. The lowest BCUT2D eigenvalue weighted by Crippen LogP contribution is -2.55. The summed E-state index contributed by atoms with van der Waals surface area (Å²) in [6.07, 6.45) is 3.04. The van der Waals surface area contributed by atoms with Gasteiger partial charge in [-0.1, -0.05) is 13.3 Å². The Balaban J connectivity index is 0.00000361. The second-order valence-electron chi connectivity index (χ2n) is 5.64. The summed E-state index contributed by atoms with van der Waals surface area (Å²) in [6, 6.07) is 0.347. The SMILES string of the molecule is CCCC(C)(NC(=O)[C@H]1CCN[C@@H](C)C1)C(=O)OC.Cl. The van der Waals surface area contributed by atoms with Crippen LogP contribution in [0.2, 0.25) is 0 Å². The number of ether oxygens (including phenoxy) is 1. The lowest BCUT2D eigenvalue weighted by Gasteiger charge is -2.32. The van der Waals surface area contributed by atoms with Crippen LogP contribution >= 0.6 is 12.4 Å². The fraction of sp³-hybridized carbons (Fsp3) is 0.857. The third kappa shape index (κ3) is 4.94. The third-order valence-electron chi connectivity index (χ3n) is 3.78. The topological polar surface area (TPSA) is 67.4 Å². The minimum Gasteiger partial charge on any atom is -0.467 e.